The number of amides is 1. The number of nitriles is 1. The quantitative estimate of drug-likeness (QED) is 0.373. The van der Waals surface area contributed by atoms with Crippen molar-refractivity contribution in [1.29, 1.82) is 5.26 Å². The third-order valence-corrected chi connectivity index (χ3v) is 6.07. The summed E-state index contributed by atoms with van der Waals surface area (Å²) in [7, 11) is 1.58. The van der Waals surface area contributed by atoms with E-state index in [2.05, 4.69) is 29.6 Å². The molecule has 1 N–H and O–H groups in total. The summed E-state index contributed by atoms with van der Waals surface area (Å²) in [5.41, 5.74) is 1.89. The van der Waals surface area contributed by atoms with Gasteiger partial charge in [0.25, 0.3) is 5.91 Å². The lowest BCUT2D eigenvalue weighted by Gasteiger charge is -2.22. The molecular formula is C28H28N2O3. The molecule has 0 aliphatic heterocycles. The van der Waals surface area contributed by atoms with E-state index in [9.17, 15) is 10.1 Å². The number of hydrogen-bond acceptors (Lipinski definition) is 4. The van der Waals surface area contributed by atoms with Crippen molar-refractivity contribution in [3.05, 3.63) is 77.4 Å². The van der Waals surface area contributed by atoms with E-state index in [1.807, 2.05) is 36.4 Å². The SMILES string of the molecule is COc1cc(C=C(C#N)C(=O)NC2CCCCC2)ccc1OCc1cccc2ccccc12. The number of ether oxygens (including phenoxy) is 2. The van der Waals surface area contributed by atoms with Crippen molar-refractivity contribution < 1.29 is 14.3 Å². The Kier molecular flexibility index (Phi) is 7.26. The van der Waals surface area contributed by atoms with Gasteiger partial charge in [-0.1, -0.05) is 67.8 Å². The second kappa shape index (κ2) is 10.7. The molecule has 0 unspecified atom stereocenters. The molecule has 168 valence electrons. The largest absolute Gasteiger partial charge is 0.493 e. The predicted molar refractivity (Wildman–Crippen MR) is 130 cm³/mol. The minimum absolute atomic E-state index is 0.0899. The molecule has 0 bridgehead atoms. The van der Waals surface area contributed by atoms with Gasteiger partial charge in [0.05, 0.1) is 7.11 Å². The van der Waals surface area contributed by atoms with Crippen molar-refractivity contribution in [2.24, 2.45) is 0 Å². The summed E-state index contributed by atoms with van der Waals surface area (Å²) in [5, 5.41) is 14.8. The topological polar surface area (TPSA) is 71.3 Å². The number of benzene rings is 3. The molecule has 0 radical (unpaired) electrons. The van der Waals surface area contributed by atoms with Crippen LogP contribution in [0.2, 0.25) is 0 Å². The first kappa shape index (κ1) is 22.4. The van der Waals surface area contributed by atoms with Crippen LogP contribution < -0.4 is 14.8 Å². The number of rotatable bonds is 7. The number of nitrogens with zero attached hydrogens (tertiary/aromatic N) is 1. The normalized spacial score (nSPS) is 14.5. The zero-order valence-corrected chi connectivity index (χ0v) is 18.8. The Hall–Kier alpha value is -3.78. The van der Waals surface area contributed by atoms with E-state index in [1.54, 1.807) is 19.3 Å². The fourth-order valence-corrected chi connectivity index (χ4v) is 4.29. The Morgan fingerprint density at radius 3 is 2.64 bits per heavy atom. The maximum atomic E-state index is 12.6. The fraction of sp³-hybridized carbons (Fsp3) is 0.286. The van der Waals surface area contributed by atoms with E-state index in [4.69, 9.17) is 9.47 Å². The number of nitrogens with one attached hydrogen (secondary N) is 1. The van der Waals surface area contributed by atoms with Crippen LogP contribution in [0.15, 0.2) is 66.2 Å². The van der Waals surface area contributed by atoms with Gasteiger partial charge < -0.3 is 14.8 Å². The molecule has 0 aromatic heterocycles. The lowest BCUT2D eigenvalue weighted by molar-refractivity contribution is -0.117. The molecule has 5 nitrogen and oxygen atoms in total. The van der Waals surface area contributed by atoms with Crippen LogP contribution in [0.5, 0.6) is 11.5 Å². The first-order valence-corrected chi connectivity index (χ1v) is 11.4. The monoisotopic (exact) mass is 440 g/mol. The highest BCUT2D eigenvalue weighted by Crippen LogP contribution is 2.30. The molecular weight excluding hydrogens is 412 g/mol. The number of carbonyl (C=O) groups excluding carboxylic acids is 1. The first-order chi connectivity index (χ1) is 16.2. The minimum atomic E-state index is -0.320. The molecule has 0 spiro atoms. The zero-order valence-electron chi connectivity index (χ0n) is 18.8. The van der Waals surface area contributed by atoms with Crippen molar-refractivity contribution >= 4 is 22.8 Å². The second-order valence-electron chi connectivity index (χ2n) is 8.32. The van der Waals surface area contributed by atoms with Gasteiger partial charge in [-0.3, -0.25) is 4.79 Å². The third kappa shape index (κ3) is 5.53. The summed E-state index contributed by atoms with van der Waals surface area (Å²) in [6.07, 6.45) is 6.99. The average Bonchev–Trinajstić information content (AvgIpc) is 2.86. The van der Waals surface area contributed by atoms with Crippen molar-refractivity contribution in [3.8, 4) is 17.6 Å². The van der Waals surface area contributed by atoms with Gasteiger partial charge in [-0.25, -0.2) is 0 Å². The molecule has 3 aromatic carbocycles. The maximum absolute atomic E-state index is 12.6. The summed E-state index contributed by atoms with van der Waals surface area (Å²) >= 11 is 0. The van der Waals surface area contributed by atoms with E-state index >= 15 is 0 Å². The number of carbonyl (C=O) groups is 1. The molecule has 1 aliphatic carbocycles. The van der Waals surface area contributed by atoms with Crippen LogP contribution in [-0.2, 0) is 11.4 Å². The molecule has 4 rings (SSSR count). The molecule has 1 aliphatic rings. The standard InChI is InChI=1S/C28H28N2O3/c1-32-27-17-20(16-23(18-29)28(31)30-24-11-3-2-4-12-24)14-15-26(27)33-19-22-10-7-9-21-8-5-6-13-25(21)22/h5-10,13-17,24H,2-4,11-12,19H2,1H3,(H,30,31). The number of fused-ring (bicyclic) bond motifs is 1. The van der Waals surface area contributed by atoms with Crippen molar-refractivity contribution in [3.63, 3.8) is 0 Å². The lowest BCUT2D eigenvalue weighted by Crippen LogP contribution is -2.36. The van der Waals surface area contributed by atoms with Crippen LogP contribution in [0.3, 0.4) is 0 Å². The van der Waals surface area contributed by atoms with E-state index in [-0.39, 0.29) is 17.5 Å². The third-order valence-electron chi connectivity index (χ3n) is 6.07. The van der Waals surface area contributed by atoms with E-state index in [1.165, 1.54) is 11.8 Å². The van der Waals surface area contributed by atoms with E-state index < -0.39 is 0 Å². The van der Waals surface area contributed by atoms with E-state index in [0.29, 0.717) is 23.7 Å². The highest BCUT2D eigenvalue weighted by Gasteiger charge is 2.18. The van der Waals surface area contributed by atoms with Gasteiger partial charge in [0.15, 0.2) is 11.5 Å². The molecule has 0 atom stereocenters. The van der Waals surface area contributed by atoms with Crippen molar-refractivity contribution in [1.82, 2.24) is 5.32 Å². The highest BCUT2D eigenvalue weighted by molar-refractivity contribution is 6.01. The Bertz CT molecular complexity index is 1200. The molecule has 5 heteroatoms. The van der Waals surface area contributed by atoms with Gasteiger partial charge in [-0.05, 0) is 52.9 Å². The smallest absolute Gasteiger partial charge is 0.262 e. The molecule has 1 saturated carbocycles. The first-order valence-electron chi connectivity index (χ1n) is 11.4. The van der Waals surface area contributed by atoms with Crippen LogP contribution in [0.1, 0.15) is 43.2 Å². The van der Waals surface area contributed by atoms with Crippen molar-refractivity contribution in [2.75, 3.05) is 7.11 Å². The Morgan fingerprint density at radius 2 is 1.85 bits per heavy atom. The molecule has 33 heavy (non-hydrogen) atoms. The Morgan fingerprint density at radius 1 is 1.06 bits per heavy atom. The van der Waals surface area contributed by atoms with Gasteiger partial charge in [-0.2, -0.15) is 5.26 Å². The van der Waals surface area contributed by atoms with Crippen LogP contribution in [0.25, 0.3) is 16.8 Å². The summed E-state index contributed by atoms with van der Waals surface area (Å²) in [6.45, 7) is 0.403. The molecule has 1 fully saturated rings. The maximum Gasteiger partial charge on any atom is 0.262 e. The summed E-state index contributed by atoms with van der Waals surface area (Å²) in [5.74, 6) is 0.835. The molecule has 0 saturated heterocycles. The zero-order chi connectivity index (χ0) is 23.0. The Balaban J connectivity index is 1.48. The van der Waals surface area contributed by atoms with Crippen LogP contribution in [0, 0.1) is 11.3 Å². The van der Waals surface area contributed by atoms with Crippen molar-refractivity contribution in [2.45, 2.75) is 44.8 Å². The predicted octanol–water partition coefficient (Wildman–Crippen LogP) is 5.78. The van der Waals surface area contributed by atoms with Crippen LogP contribution in [-0.4, -0.2) is 19.1 Å². The number of methoxy groups -OCH3 is 1. The number of hydrogen-bond donors (Lipinski definition) is 1. The second-order valence-corrected chi connectivity index (χ2v) is 8.32. The lowest BCUT2D eigenvalue weighted by atomic mass is 9.95. The van der Waals surface area contributed by atoms with Gasteiger partial charge in [0.1, 0.15) is 18.2 Å². The highest BCUT2D eigenvalue weighted by atomic mass is 16.5. The molecule has 1 amide bonds. The van der Waals surface area contributed by atoms with Crippen LogP contribution in [0.4, 0.5) is 0 Å². The van der Waals surface area contributed by atoms with E-state index in [0.717, 1.165) is 36.6 Å². The average molecular weight is 441 g/mol. The van der Waals surface area contributed by atoms with Gasteiger partial charge in [0.2, 0.25) is 0 Å². The summed E-state index contributed by atoms with van der Waals surface area (Å²) < 4.78 is 11.6. The van der Waals surface area contributed by atoms with Crippen LogP contribution >= 0.6 is 0 Å². The molecule has 0 heterocycles. The fourth-order valence-electron chi connectivity index (χ4n) is 4.29. The van der Waals surface area contributed by atoms with Gasteiger partial charge >= 0.3 is 0 Å². The van der Waals surface area contributed by atoms with Gasteiger partial charge in [0, 0.05) is 6.04 Å². The van der Waals surface area contributed by atoms with Gasteiger partial charge in [-0.15, -0.1) is 0 Å². The molecule has 3 aromatic rings. The summed E-state index contributed by atoms with van der Waals surface area (Å²) in [4.78, 5) is 12.6. The summed E-state index contributed by atoms with van der Waals surface area (Å²) in [6, 6.07) is 22.0. The minimum Gasteiger partial charge on any atom is -0.493 e. The Labute approximate surface area is 194 Å².